The average Bonchev–Trinajstić information content (AvgIpc) is 3.26. The summed E-state index contributed by atoms with van der Waals surface area (Å²) in [5.74, 6) is 2.40. The molecular formula is C19H22N6O2S. The second kappa shape index (κ2) is 7.31. The highest BCUT2D eigenvalue weighted by Gasteiger charge is 2.38. The van der Waals surface area contributed by atoms with Gasteiger partial charge >= 0.3 is 6.09 Å². The van der Waals surface area contributed by atoms with Gasteiger partial charge in [-0.1, -0.05) is 6.07 Å². The summed E-state index contributed by atoms with van der Waals surface area (Å²) in [6, 6.07) is 5.73. The van der Waals surface area contributed by atoms with Gasteiger partial charge in [0.1, 0.15) is 17.7 Å². The lowest BCUT2D eigenvalue weighted by Crippen LogP contribution is -2.44. The third-order valence-electron chi connectivity index (χ3n) is 4.40. The van der Waals surface area contributed by atoms with Gasteiger partial charge in [0.05, 0.1) is 0 Å². The van der Waals surface area contributed by atoms with E-state index in [0.29, 0.717) is 18.7 Å². The van der Waals surface area contributed by atoms with Gasteiger partial charge in [0, 0.05) is 29.2 Å². The van der Waals surface area contributed by atoms with Gasteiger partial charge in [-0.15, -0.1) is 21.5 Å². The summed E-state index contributed by atoms with van der Waals surface area (Å²) in [6.07, 6.45) is 4.41. The van der Waals surface area contributed by atoms with E-state index >= 15 is 0 Å². The highest BCUT2D eigenvalue weighted by atomic mass is 32.1. The van der Waals surface area contributed by atoms with E-state index in [0.717, 1.165) is 16.6 Å². The minimum absolute atomic E-state index is 0.121. The standard InChI is InChI=1S/C19H22N6O2S/c1-19(2,3)22-18(26)27-13-10-12(11-13)15-23-24-16(17-21-8-9-28-17)25(15)14-6-4-5-7-20-14/h4-9,12-13H,10-11H2,1-3H3,(H,22,26). The molecule has 28 heavy (non-hydrogen) atoms. The van der Waals surface area contributed by atoms with Crippen molar-refractivity contribution < 1.29 is 9.53 Å². The molecule has 0 radical (unpaired) electrons. The number of amides is 1. The first-order chi connectivity index (χ1) is 13.4. The van der Waals surface area contributed by atoms with E-state index in [-0.39, 0.29) is 23.7 Å². The van der Waals surface area contributed by atoms with Gasteiger partial charge in [-0.2, -0.15) is 0 Å². The van der Waals surface area contributed by atoms with E-state index < -0.39 is 0 Å². The van der Waals surface area contributed by atoms with Crippen LogP contribution in [0.3, 0.4) is 0 Å². The summed E-state index contributed by atoms with van der Waals surface area (Å²) in [7, 11) is 0. The van der Waals surface area contributed by atoms with Gasteiger partial charge in [0.15, 0.2) is 10.8 Å². The Morgan fingerprint density at radius 2 is 2.04 bits per heavy atom. The van der Waals surface area contributed by atoms with Crippen LogP contribution in [0.1, 0.15) is 45.4 Å². The van der Waals surface area contributed by atoms with Crippen molar-refractivity contribution in [1.29, 1.82) is 0 Å². The lowest BCUT2D eigenvalue weighted by Gasteiger charge is -2.34. The minimum atomic E-state index is -0.384. The molecule has 1 aliphatic rings. The number of rotatable bonds is 4. The number of pyridine rings is 1. The quantitative estimate of drug-likeness (QED) is 0.722. The molecule has 0 unspecified atom stereocenters. The largest absolute Gasteiger partial charge is 0.446 e. The first-order valence-electron chi connectivity index (χ1n) is 9.16. The number of carbonyl (C=O) groups is 1. The summed E-state index contributed by atoms with van der Waals surface area (Å²) in [4.78, 5) is 20.8. The lowest BCUT2D eigenvalue weighted by molar-refractivity contribution is 0.0335. The molecule has 1 aliphatic carbocycles. The number of nitrogens with zero attached hydrogens (tertiary/aromatic N) is 5. The molecule has 8 nitrogen and oxygen atoms in total. The average molecular weight is 398 g/mol. The van der Waals surface area contributed by atoms with Gasteiger partial charge in [-0.05, 0) is 45.7 Å². The maximum atomic E-state index is 12.0. The number of hydrogen-bond donors (Lipinski definition) is 1. The lowest BCUT2D eigenvalue weighted by atomic mass is 9.81. The monoisotopic (exact) mass is 398 g/mol. The van der Waals surface area contributed by atoms with E-state index in [9.17, 15) is 4.79 Å². The van der Waals surface area contributed by atoms with Crippen LogP contribution in [0.25, 0.3) is 16.6 Å². The Labute approximate surface area is 167 Å². The van der Waals surface area contributed by atoms with Crippen LogP contribution in [0.4, 0.5) is 4.79 Å². The molecule has 0 bridgehead atoms. The summed E-state index contributed by atoms with van der Waals surface area (Å²) in [6.45, 7) is 5.77. The van der Waals surface area contributed by atoms with Crippen molar-refractivity contribution in [1.82, 2.24) is 30.0 Å². The van der Waals surface area contributed by atoms with E-state index in [2.05, 4.69) is 25.5 Å². The Morgan fingerprint density at radius 3 is 2.68 bits per heavy atom. The van der Waals surface area contributed by atoms with Gasteiger partial charge in [-0.3, -0.25) is 4.57 Å². The van der Waals surface area contributed by atoms with Crippen LogP contribution in [-0.2, 0) is 4.74 Å². The normalized spacial score (nSPS) is 19.1. The highest BCUT2D eigenvalue weighted by molar-refractivity contribution is 7.13. The van der Waals surface area contributed by atoms with Crippen LogP contribution in [0.15, 0.2) is 36.0 Å². The van der Waals surface area contributed by atoms with Crippen LogP contribution in [0.5, 0.6) is 0 Å². The molecule has 0 saturated heterocycles. The molecule has 1 fully saturated rings. The van der Waals surface area contributed by atoms with E-state index in [1.807, 2.05) is 48.9 Å². The van der Waals surface area contributed by atoms with Crippen molar-refractivity contribution in [2.75, 3.05) is 0 Å². The van der Waals surface area contributed by atoms with Crippen LogP contribution in [0, 0.1) is 0 Å². The SMILES string of the molecule is CC(C)(C)NC(=O)OC1CC(c2nnc(-c3nccs3)n2-c2ccccn2)C1. The van der Waals surface area contributed by atoms with E-state index in [1.165, 1.54) is 11.3 Å². The number of carbonyl (C=O) groups excluding carboxylic acids is 1. The molecule has 0 atom stereocenters. The number of ether oxygens (including phenoxy) is 1. The fraction of sp³-hybridized carbons (Fsp3) is 0.421. The molecule has 4 rings (SSSR count). The molecule has 3 aromatic heterocycles. The molecule has 3 heterocycles. The van der Waals surface area contributed by atoms with Crippen molar-refractivity contribution in [3.8, 4) is 16.6 Å². The molecule has 0 aliphatic heterocycles. The molecule has 0 aromatic carbocycles. The van der Waals surface area contributed by atoms with Crippen molar-refractivity contribution in [3.05, 3.63) is 41.8 Å². The fourth-order valence-corrected chi connectivity index (χ4v) is 3.71. The Kier molecular flexibility index (Phi) is 4.84. The van der Waals surface area contributed by atoms with Crippen molar-refractivity contribution >= 4 is 17.4 Å². The zero-order chi connectivity index (χ0) is 19.7. The molecule has 9 heteroatoms. The predicted octanol–water partition coefficient (Wildman–Crippen LogP) is 3.56. The van der Waals surface area contributed by atoms with Gasteiger partial charge in [-0.25, -0.2) is 14.8 Å². The first kappa shape index (κ1) is 18.5. The first-order valence-corrected chi connectivity index (χ1v) is 10.0. The van der Waals surface area contributed by atoms with E-state index in [4.69, 9.17) is 4.74 Å². The van der Waals surface area contributed by atoms with Crippen LogP contribution >= 0.6 is 11.3 Å². The van der Waals surface area contributed by atoms with Crippen LogP contribution in [0.2, 0.25) is 0 Å². The van der Waals surface area contributed by atoms with Crippen LogP contribution in [-0.4, -0.2) is 42.5 Å². The summed E-state index contributed by atoms with van der Waals surface area (Å²) in [5, 5.41) is 14.3. The smallest absolute Gasteiger partial charge is 0.407 e. The van der Waals surface area contributed by atoms with Crippen molar-refractivity contribution in [3.63, 3.8) is 0 Å². The molecular weight excluding hydrogens is 376 g/mol. The minimum Gasteiger partial charge on any atom is -0.446 e. The summed E-state index contributed by atoms with van der Waals surface area (Å²) < 4.78 is 7.46. The highest BCUT2D eigenvalue weighted by Crippen LogP contribution is 2.40. The number of hydrogen-bond acceptors (Lipinski definition) is 7. The third kappa shape index (κ3) is 3.89. The second-order valence-corrected chi connectivity index (χ2v) is 8.71. The number of aromatic nitrogens is 5. The van der Waals surface area contributed by atoms with E-state index in [1.54, 1.807) is 12.4 Å². The molecule has 0 spiro atoms. The Balaban J connectivity index is 1.53. The fourth-order valence-electron chi connectivity index (χ4n) is 3.10. The Hall–Kier alpha value is -2.81. The molecule has 1 amide bonds. The Bertz CT molecular complexity index is 943. The molecule has 1 saturated carbocycles. The maximum Gasteiger partial charge on any atom is 0.407 e. The number of nitrogens with one attached hydrogen (secondary N) is 1. The second-order valence-electron chi connectivity index (χ2n) is 7.81. The van der Waals surface area contributed by atoms with Crippen molar-refractivity contribution in [2.24, 2.45) is 0 Å². The van der Waals surface area contributed by atoms with Gasteiger partial charge < -0.3 is 10.1 Å². The van der Waals surface area contributed by atoms with Gasteiger partial charge in [0.25, 0.3) is 0 Å². The zero-order valence-electron chi connectivity index (χ0n) is 16.0. The molecule has 3 aromatic rings. The molecule has 1 N–H and O–H groups in total. The summed E-state index contributed by atoms with van der Waals surface area (Å²) in [5.41, 5.74) is -0.317. The molecule has 146 valence electrons. The number of alkyl carbamates (subject to hydrolysis) is 1. The summed E-state index contributed by atoms with van der Waals surface area (Å²) >= 11 is 1.51. The topological polar surface area (TPSA) is 94.8 Å². The Morgan fingerprint density at radius 1 is 1.21 bits per heavy atom. The predicted molar refractivity (Wildman–Crippen MR) is 105 cm³/mol. The number of thiazole rings is 1. The van der Waals surface area contributed by atoms with Crippen LogP contribution < -0.4 is 5.32 Å². The third-order valence-corrected chi connectivity index (χ3v) is 5.17. The zero-order valence-corrected chi connectivity index (χ0v) is 16.8. The maximum absolute atomic E-state index is 12.0. The van der Waals surface area contributed by atoms with Gasteiger partial charge in [0.2, 0.25) is 0 Å². The van der Waals surface area contributed by atoms with Crippen molar-refractivity contribution in [2.45, 2.75) is 51.2 Å².